The Labute approximate surface area is 176 Å². The van der Waals surface area contributed by atoms with E-state index < -0.39 is 6.04 Å². The third-order valence-corrected chi connectivity index (χ3v) is 5.58. The highest BCUT2D eigenvalue weighted by molar-refractivity contribution is 8.00. The van der Waals surface area contributed by atoms with Gasteiger partial charge >= 0.3 is 0 Å². The Balaban J connectivity index is 2.14. The van der Waals surface area contributed by atoms with Crippen LogP contribution in [0, 0.1) is 5.82 Å². The van der Waals surface area contributed by atoms with Crippen LogP contribution in [0.25, 0.3) is 0 Å². The lowest BCUT2D eigenvalue weighted by atomic mass is 10.1. The summed E-state index contributed by atoms with van der Waals surface area (Å²) in [7, 11) is 0. The van der Waals surface area contributed by atoms with Gasteiger partial charge in [-0.05, 0) is 42.7 Å². The number of amides is 2. The summed E-state index contributed by atoms with van der Waals surface area (Å²) in [6, 6.07) is 15.2. The van der Waals surface area contributed by atoms with Crippen molar-refractivity contribution in [3.05, 3.63) is 66.0 Å². The number of nitrogens with zero attached hydrogens (tertiary/aromatic N) is 1. The van der Waals surface area contributed by atoms with Crippen molar-refractivity contribution >= 4 is 23.6 Å². The number of hydrogen-bond donors (Lipinski definition) is 1. The number of halogens is 1. The lowest BCUT2D eigenvalue weighted by Crippen LogP contribution is -2.49. The molecule has 0 aliphatic heterocycles. The quantitative estimate of drug-likeness (QED) is 0.429. The number of thioether (sulfide) groups is 1. The van der Waals surface area contributed by atoms with Crippen LogP contribution in [0.2, 0.25) is 0 Å². The molecule has 0 spiro atoms. The van der Waals surface area contributed by atoms with Crippen molar-refractivity contribution in [2.45, 2.75) is 50.6 Å². The summed E-state index contributed by atoms with van der Waals surface area (Å²) in [6.45, 7) is 4.84. The SMILES string of the molecule is CCCCNC(=O)[C@H](CC)N(Cc1ccc(F)cc1)C(=O)CSc1ccccc1. The Morgan fingerprint density at radius 3 is 2.38 bits per heavy atom. The predicted octanol–water partition coefficient (Wildman–Crippen LogP) is 4.64. The van der Waals surface area contributed by atoms with Gasteiger partial charge in [0.25, 0.3) is 0 Å². The van der Waals surface area contributed by atoms with Crippen LogP contribution in [0.4, 0.5) is 4.39 Å². The molecule has 0 fully saturated rings. The first-order chi connectivity index (χ1) is 14.0. The van der Waals surface area contributed by atoms with Crippen LogP contribution >= 0.6 is 11.8 Å². The minimum Gasteiger partial charge on any atom is -0.354 e. The number of unbranched alkanes of at least 4 members (excludes halogenated alkanes) is 1. The lowest BCUT2D eigenvalue weighted by Gasteiger charge is -2.30. The van der Waals surface area contributed by atoms with Gasteiger partial charge in [-0.3, -0.25) is 9.59 Å². The monoisotopic (exact) mass is 416 g/mol. The number of benzene rings is 2. The Hall–Kier alpha value is -2.34. The Morgan fingerprint density at radius 1 is 1.07 bits per heavy atom. The molecule has 2 rings (SSSR count). The zero-order valence-electron chi connectivity index (χ0n) is 17.1. The Morgan fingerprint density at radius 2 is 1.76 bits per heavy atom. The van der Waals surface area contributed by atoms with Crippen LogP contribution < -0.4 is 5.32 Å². The highest BCUT2D eigenvalue weighted by Gasteiger charge is 2.28. The summed E-state index contributed by atoms with van der Waals surface area (Å²) in [5, 5.41) is 2.94. The minimum absolute atomic E-state index is 0.110. The first-order valence-corrected chi connectivity index (χ1v) is 11.0. The summed E-state index contributed by atoms with van der Waals surface area (Å²) in [4.78, 5) is 28.4. The van der Waals surface area contributed by atoms with Gasteiger partial charge in [-0.1, -0.05) is 50.6 Å². The molecule has 29 heavy (non-hydrogen) atoms. The van der Waals surface area contributed by atoms with Gasteiger partial charge in [0, 0.05) is 18.0 Å². The normalized spacial score (nSPS) is 11.7. The molecule has 6 heteroatoms. The molecule has 2 amide bonds. The van der Waals surface area contributed by atoms with Crippen LogP contribution in [0.15, 0.2) is 59.5 Å². The maximum atomic E-state index is 13.3. The van der Waals surface area contributed by atoms with Crippen molar-refractivity contribution in [3.8, 4) is 0 Å². The molecule has 1 N–H and O–H groups in total. The molecule has 4 nitrogen and oxygen atoms in total. The fourth-order valence-corrected chi connectivity index (χ4v) is 3.76. The molecule has 0 unspecified atom stereocenters. The molecular formula is C23H29FN2O2S. The van der Waals surface area contributed by atoms with Crippen molar-refractivity contribution in [2.75, 3.05) is 12.3 Å². The summed E-state index contributed by atoms with van der Waals surface area (Å²) in [5.74, 6) is -0.332. The maximum absolute atomic E-state index is 13.3. The number of nitrogens with one attached hydrogen (secondary N) is 1. The van der Waals surface area contributed by atoms with E-state index in [2.05, 4.69) is 12.2 Å². The van der Waals surface area contributed by atoms with Crippen LogP contribution in [0.3, 0.4) is 0 Å². The smallest absolute Gasteiger partial charge is 0.242 e. The van der Waals surface area contributed by atoms with Gasteiger partial charge in [0.1, 0.15) is 11.9 Å². The largest absolute Gasteiger partial charge is 0.354 e. The van der Waals surface area contributed by atoms with Gasteiger partial charge in [0.05, 0.1) is 5.75 Å². The van der Waals surface area contributed by atoms with Gasteiger partial charge in [-0.25, -0.2) is 4.39 Å². The third kappa shape index (κ3) is 7.54. The maximum Gasteiger partial charge on any atom is 0.242 e. The van der Waals surface area contributed by atoms with Gasteiger partial charge in [-0.15, -0.1) is 11.8 Å². The van der Waals surface area contributed by atoms with Crippen LogP contribution in [-0.4, -0.2) is 35.1 Å². The average molecular weight is 417 g/mol. The molecule has 0 saturated carbocycles. The molecule has 0 saturated heterocycles. The summed E-state index contributed by atoms with van der Waals surface area (Å²) in [5.41, 5.74) is 0.796. The molecule has 0 aliphatic carbocycles. The summed E-state index contributed by atoms with van der Waals surface area (Å²) < 4.78 is 13.3. The Kier molecular flexibility index (Phi) is 9.71. The number of rotatable bonds is 11. The molecule has 0 bridgehead atoms. The second-order valence-corrected chi connectivity index (χ2v) is 7.87. The second kappa shape index (κ2) is 12.3. The lowest BCUT2D eigenvalue weighted by molar-refractivity contribution is -0.139. The molecule has 156 valence electrons. The molecular weight excluding hydrogens is 387 g/mol. The van der Waals surface area contributed by atoms with E-state index in [0.29, 0.717) is 13.0 Å². The number of carbonyl (C=O) groups excluding carboxylic acids is 2. The minimum atomic E-state index is -0.555. The third-order valence-electron chi connectivity index (χ3n) is 4.59. The van der Waals surface area contributed by atoms with E-state index >= 15 is 0 Å². The standard InChI is InChI=1S/C23H29FN2O2S/c1-3-5-15-25-23(28)21(4-2)26(16-18-11-13-19(24)14-12-18)22(27)17-29-20-9-7-6-8-10-20/h6-14,21H,3-5,15-17H2,1-2H3,(H,25,28)/t21-/m0/s1. The molecule has 0 aromatic heterocycles. The van der Waals surface area contributed by atoms with E-state index in [1.54, 1.807) is 17.0 Å². The van der Waals surface area contributed by atoms with Crippen LogP contribution in [-0.2, 0) is 16.1 Å². The summed E-state index contributed by atoms with van der Waals surface area (Å²) in [6.07, 6.45) is 2.40. The molecule has 0 aliphatic rings. The van der Waals surface area contributed by atoms with Crippen molar-refractivity contribution in [1.29, 1.82) is 0 Å². The van der Waals surface area contributed by atoms with Crippen molar-refractivity contribution in [3.63, 3.8) is 0 Å². The predicted molar refractivity (Wildman–Crippen MR) is 116 cm³/mol. The van der Waals surface area contributed by atoms with Crippen LogP contribution in [0.5, 0.6) is 0 Å². The number of hydrogen-bond acceptors (Lipinski definition) is 3. The van der Waals surface area contributed by atoms with E-state index in [0.717, 1.165) is 23.3 Å². The van der Waals surface area contributed by atoms with E-state index in [1.165, 1.54) is 23.9 Å². The highest BCUT2D eigenvalue weighted by Crippen LogP contribution is 2.20. The van der Waals surface area contributed by atoms with E-state index in [-0.39, 0.29) is 29.9 Å². The zero-order chi connectivity index (χ0) is 21.1. The van der Waals surface area contributed by atoms with E-state index in [4.69, 9.17) is 0 Å². The highest BCUT2D eigenvalue weighted by atomic mass is 32.2. The molecule has 2 aromatic rings. The van der Waals surface area contributed by atoms with Crippen molar-refractivity contribution < 1.29 is 14.0 Å². The number of carbonyl (C=O) groups is 2. The van der Waals surface area contributed by atoms with E-state index in [1.807, 2.05) is 37.3 Å². The molecule has 0 radical (unpaired) electrons. The second-order valence-electron chi connectivity index (χ2n) is 6.82. The topological polar surface area (TPSA) is 49.4 Å². The molecule has 2 aromatic carbocycles. The van der Waals surface area contributed by atoms with Gasteiger partial charge in [0.2, 0.25) is 11.8 Å². The van der Waals surface area contributed by atoms with Gasteiger partial charge < -0.3 is 10.2 Å². The van der Waals surface area contributed by atoms with Gasteiger partial charge in [-0.2, -0.15) is 0 Å². The fourth-order valence-electron chi connectivity index (χ4n) is 2.96. The molecule has 1 atom stereocenters. The van der Waals surface area contributed by atoms with Crippen molar-refractivity contribution in [1.82, 2.24) is 10.2 Å². The van der Waals surface area contributed by atoms with Gasteiger partial charge in [0.15, 0.2) is 0 Å². The Bertz CT molecular complexity index is 768. The van der Waals surface area contributed by atoms with E-state index in [9.17, 15) is 14.0 Å². The zero-order valence-corrected chi connectivity index (χ0v) is 17.9. The fraction of sp³-hybridized carbons (Fsp3) is 0.391. The summed E-state index contributed by atoms with van der Waals surface area (Å²) >= 11 is 1.45. The molecule has 0 heterocycles. The van der Waals surface area contributed by atoms with Crippen molar-refractivity contribution in [2.24, 2.45) is 0 Å². The first-order valence-electron chi connectivity index (χ1n) is 10.0. The average Bonchev–Trinajstić information content (AvgIpc) is 2.74. The van der Waals surface area contributed by atoms with Crippen LogP contribution in [0.1, 0.15) is 38.7 Å². The first kappa shape index (κ1) is 22.9.